The zero-order valence-electron chi connectivity index (χ0n) is 18.3. The van der Waals surface area contributed by atoms with Crippen molar-refractivity contribution in [3.63, 3.8) is 0 Å². The Hall–Kier alpha value is -3.63. The van der Waals surface area contributed by atoms with Gasteiger partial charge < -0.3 is 14.8 Å². The van der Waals surface area contributed by atoms with Crippen LogP contribution in [0.15, 0.2) is 54.6 Å². The molecule has 6 nitrogen and oxygen atoms in total. The minimum absolute atomic E-state index is 0.298. The Kier molecular flexibility index (Phi) is 7.06. The van der Waals surface area contributed by atoms with E-state index in [1.807, 2.05) is 30.3 Å². The highest BCUT2D eigenvalue weighted by Gasteiger charge is 2.25. The molecule has 33 heavy (non-hydrogen) atoms. The highest BCUT2D eigenvalue weighted by Crippen LogP contribution is 2.39. The van der Waals surface area contributed by atoms with Crippen molar-refractivity contribution in [2.75, 3.05) is 11.9 Å². The normalized spacial score (nSPS) is 14.6. The molecule has 1 amide bonds. The summed E-state index contributed by atoms with van der Waals surface area (Å²) in [4.78, 5) is 26.0. The van der Waals surface area contributed by atoms with Gasteiger partial charge in [-0.15, -0.1) is 11.3 Å². The predicted octanol–water partition coefficient (Wildman–Crippen LogP) is 5.12. The molecule has 1 N–H and O–H groups in total. The minimum Gasteiger partial charge on any atom is -0.489 e. The van der Waals surface area contributed by atoms with Gasteiger partial charge in [0, 0.05) is 4.88 Å². The van der Waals surface area contributed by atoms with Gasteiger partial charge in [0.05, 0.1) is 11.1 Å². The number of hydrogen-bond acceptors (Lipinski definition) is 6. The molecule has 1 aliphatic carbocycles. The largest absolute Gasteiger partial charge is 0.489 e. The third-order valence-corrected chi connectivity index (χ3v) is 6.70. The Balaban J connectivity index is 1.33. The first-order valence-electron chi connectivity index (χ1n) is 10.8. The van der Waals surface area contributed by atoms with E-state index in [-0.39, 0.29) is 0 Å². The number of carbonyl (C=O) groups excluding carboxylic acids is 2. The van der Waals surface area contributed by atoms with E-state index < -0.39 is 18.5 Å². The van der Waals surface area contributed by atoms with Crippen molar-refractivity contribution in [3.05, 3.63) is 81.7 Å². The molecule has 1 aromatic heterocycles. The minimum atomic E-state index is -0.616. The van der Waals surface area contributed by atoms with Crippen molar-refractivity contribution in [2.45, 2.75) is 32.8 Å². The van der Waals surface area contributed by atoms with E-state index >= 15 is 0 Å². The van der Waals surface area contributed by atoms with Crippen LogP contribution < -0.4 is 10.1 Å². The number of nitrogens with zero attached hydrogens (tertiary/aromatic N) is 1. The molecule has 4 rings (SSSR count). The van der Waals surface area contributed by atoms with Crippen molar-refractivity contribution in [3.8, 4) is 11.8 Å². The highest BCUT2D eigenvalue weighted by atomic mass is 32.1. The number of rotatable bonds is 7. The van der Waals surface area contributed by atoms with Crippen molar-refractivity contribution in [1.29, 1.82) is 5.26 Å². The van der Waals surface area contributed by atoms with Crippen LogP contribution in [-0.2, 0) is 29.0 Å². The van der Waals surface area contributed by atoms with E-state index in [1.54, 1.807) is 24.3 Å². The summed E-state index contributed by atoms with van der Waals surface area (Å²) < 4.78 is 10.9. The van der Waals surface area contributed by atoms with Crippen LogP contribution in [0.4, 0.5) is 5.00 Å². The van der Waals surface area contributed by atoms with Crippen molar-refractivity contribution in [1.82, 2.24) is 0 Å². The van der Waals surface area contributed by atoms with Crippen LogP contribution in [0.2, 0.25) is 0 Å². The van der Waals surface area contributed by atoms with Gasteiger partial charge in [0.1, 0.15) is 23.4 Å². The van der Waals surface area contributed by atoms with Crippen molar-refractivity contribution in [2.24, 2.45) is 5.92 Å². The SMILES string of the molecule is C[C@@H]1CCc2c(sc(NC(=O)COC(=O)c3cccc(OCc4ccccc4)c3)c2C#N)C1. The second kappa shape index (κ2) is 10.3. The lowest BCUT2D eigenvalue weighted by molar-refractivity contribution is -0.119. The maximum absolute atomic E-state index is 12.4. The van der Waals surface area contributed by atoms with Gasteiger partial charge in [0.25, 0.3) is 5.91 Å². The summed E-state index contributed by atoms with van der Waals surface area (Å²) in [5.41, 5.74) is 2.89. The molecular formula is C26H24N2O4S. The zero-order valence-corrected chi connectivity index (χ0v) is 19.1. The number of carbonyl (C=O) groups is 2. The Bertz CT molecular complexity index is 1200. The van der Waals surface area contributed by atoms with Crippen LogP contribution in [0, 0.1) is 17.2 Å². The van der Waals surface area contributed by atoms with Gasteiger partial charge in [0.15, 0.2) is 6.61 Å². The lowest BCUT2D eigenvalue weighted by Crippen LogP contribution is -2.21. The van der Waals surface area contributed by atoms with Gasteiger partial charge in [-0.25, -0.2) is 4.79 Å². The number of nitrogens with one attached hydrogen (secondary N) is 1. The summed E-state index contributed by atoms with van der Waals surface area (Å²) in [7, 11) is 0. The fourth-order valence-corrected chi connectivity index (χ4v) is 5.17. The molecule has 0 fully saturated rings. The molecule has 0 radical (unpaired) electrons. The van der Waals surface area contributed by atoms with E-state index in [2.05, 4.69) is 18.3 Å². The van der Waals surface area contributed by atoms with E-state index in [0.29, 0.717) is 34.4 Å². The molecule has 0 saturated carbocycles. The number of fused-ring (bicyclic) bond motifs is 1. The van der Waals surface area contributed by atoms with Gasteiger partial charge in [0.2, 0.25) is 0 Å². The standard InChI is InChI=1S/C26H24N2O4S/c1-17-10-11-21-22(14-27)25(33-23(21)12-17)28-24(29)16-32-26(30)19-8-5-9-20(13-19)31-15-18-6-3-2-4-7-18/h2-9,13,17H,10-12,15-16H2,1H3,(H,28,29)/t17-/m1/s1. The highest BCUT2D eigenvalue weighted by molar-refractivity contribution is 7.16. The molecule has 168 valence electrons. The topological polar surface area (TPSA) is 88.4 Å². The monoisotopic (exact) mass is 460 g/mol. The Morgan fingerprint density at radius 1 is 1.18 bits per heavy atom. The lowest BCUT2D eigenvalue weighted by atomic mass is 9.89. The molecule has 1 aliphatic rings. The lowest BCUT2D eigenvalue weighted by Gasteiger charge is -2.17. The Labute approximate surface area is 196 Å². The molecule has 0 saturated heterocycles. The number of benzene rings is 2. The first-order chi connectivity index (χ1) is 16.0. The number of anilines is 1. The molecule has 1 atom stereocenters. The fraction of sp³-hybridized carbons (Fsp3) is 0.269. The van der Waals surface area contributed by atoms with Gasteiger partial charge in [-0.05, 0) is 54.5 Å². The summed E-state index contributed by atoms with van der Waals surface area (Å²) in [6, 6.07) is 18.6. The van der Waals surface area contributed by atoms with Crippen LogP contribution in [0.1, 0.15) is 45.3 Å². The first-order valence-corrected chi connectivity index (χ1v) is 11.6. The van der Waals surface area contributed by atoms with E-state index in [0.717, 1.165) is 35.3 Å². The van der Waals surface area contributed by atoms with Gasteiger partial charge in [-0.3, -0.25) is 4.79 Å². The van der Waals surface area contributed by atoms with E-state index in [4.69, 9.17) is 9.47 Å². The zero-order chi connectivity index (χ0) is 23.2. The third-order valence-electron chi connectivity index (χ3n) is 5.53. The second-order valence-corrected chi connectivity index (χ2v) is 9.20. The number of amides is 1. The fourth-order valence-electron chi connectivity index (χ4n) is 3.79. The average Bonchev–Trinajstić information content (AvgIpc) is 3.17. The van der Waals surface area contributed by atoms with Crippen molar-refractivity contribution < 1.29 is 19.1 Å². The molecule has 3 aromatic rings. The maximum Gasteiger partial charge on any atom is 0.338 e. The molecule has 0 spiro atoms. The summed E-state index contributed by atoms with van der Waals surface area (Å²) >= 11 is 1.44. The first kappa shape index (κ1) is 22.6. The van der Waals surface area contributed by atoms with Crippen LogP contribution in [0.25, 0.3) is 0 Å². The van der Waals surface area contributed by atoms with Crippen LogP contribution in [-0.4, -0.2) is 18.5 Å². The number of thiophene rings is 1. The Morgan fingerprint density at radius 3 is 2.79 bits per heavy atom. The number of esters is 1. The van der Waals surface area contributed by atoms with Crippen LogP contribution >= 0.6 is 11.3 Å². The predicted molar refractivity (Wildman–Crippen MR) is 126 cm³/mol. The number of hydrogen-bond donors (Lipinski definition) is 1. The summed E-state index contributed by atoms with van der Waals surface area (Å²) in [5, 5.41) is 12.8. The van der Waals surface area contributed by atoms with E-state index in [9.17, 15) is 14.9 Å². The van der Waals surface area contributed by atoms with Gasteiger partial charge in [-0.2, -0.15) is 5.26 Å². The summed E-state index contributed by atoms with van der Waals surface area (Å²) in [5.74, 6) is 0.0209. The molecular weight excluding hydrogens is 436 g/mol. The van der Waals surface area contributed by atoms with Gasteiger partial charge in [-0.1, -0.05) is 43.3 Å². The van der Waals surface area contributed by atoms with Gasteiger partial charge >= 0.3 is 5.97 Å². The number of ether oxygens (including phenoxy) is 2. The van der Waals surface area contributed by atoms with Crippen LogP contribution in [0.5, 0.6) is 5.75 Å². The van der Waals surface area contributed by atoms with Crippen LogP contribution in [0.3, 0.4) is 0 Å². The molecule has 0 aliphatic heterocycles. The molecule has 2 aromatic carbocycles. The molecule has 0 bridgehead atoms. The summed E-state index contributed by atoms with van der Waals surface area (Å²) in [6.45, 7) is 2.14. The number of nitriles is 1. The average molecular weight is 461 g/mol. The quantitative estimate of drug-likeness (QED) is 0.495. The molecule has 1 heterocycles. The Morgan fingerprint density at radius 2 is 2.00 bits per heavy atom. The molecule has 7 heteroatoms. The molecule has 0 unspecified atom stereocenters. The third kappa shape index (κ3) is 5.60. The smallest absolute Gasteiger partial charge is 0.338 e. The maximum atomic E-state index is 12.4. The van der Waals surface area contributed by atoms with Crippen molar-refractivity contribution >= 4 is 28.2 Å². The summed E-state index contributed by atoms with van der Waals surface area (Å²) in [6.07, 6.45) is 2.81. The second-order valence-electron chi connectivity index (χ2n) is 8.09. The van der Waals surface area contributed by atoms with E-state index in [1.165, 1.54) is 11.3 Å².